The van der Waals surface area contributed by atoms with E-state index in [4.69, 9.17) is 9.47 Å². The summed E-state index contributed by atoms with van der Waals surface area (Å²) in [6.45, 7) is 1.70. The molecule has 0 bridgehead atoms. The van der Waals surface area contributed by atoms with Crippen LogP contribution in [0.1, 0.15) is 55.8 Å². The number of methoxy groups -OCH3 is 1. The molecule has 2 aliphatic carbocycles. The minimum absolute atomic E-state index is 0.0424. The number of carbonyl (C=O) groups excluding carboxylic acids is 2. The maximum absolute atomic E-state index is 12.5. The van der Waals surface area contributed by atoms with Gasteiger partial charge in [0.05, 0.1) is 12.7 Å². The van der Waals surface area contributed by atoms with Crippen LogP contribution in [0, 0.1) is 5.92 Å². The van der Waals surface area contributed by atoms with E-state index < -0.39 is 22.6 Å². The number of hydrogen-bond donors (Lipinski definition) is 2. The van der Waals surface area contributed by atoms with E-state index in [2.05, 4.69) is 17.0 Å². The Balaban J connectivity index is 1.62. The number of nitrogens with one attached hydrogen (secondary N) is 2. The van der Waals surface area contributed by atoms with Crippen molar-refractivity contribution in [1.29, 1.82) is 0 Å². The van der Waals surface area contributed by atoms with Crippen molar-refractivity contribution in [3.8, 4) is 5.75 Å². The van der Waals surface area contributed by atoms with Gasteiger partial charge in [-0.25, -0.2) is 17.9 Å². The Morgan fingerprint density at radius 2 is 1.86 bits per heavy atom. The average molecular weight is 425 g/mol. The van der Waals surface area contributed by atoms with Crippen molar-refractivity contribution in [3.63, 3.8) is 0 Å². The molecule has 0 saturated heterocycles. The van der Waals surface area contributed by atoms with Crippen LogP contribution in [0.5, 0.6) is 5.75 Å². The van der Waals surface area contributed by atoms with Crippen LogP contribution in [-0.4, -0.2) is 46.1 Å². The Hall–Kier alpha value is -2.13. The summed E-state index contributed by atoms with van der Waals surface area (Å²) in [5, 5.41) is 2.92. The maximum atomic E-state index is 12.5. The van der Waals surface area contributed by atoms with Gasteiger partial charge in [0.15, 0.2) is 6.61 Å². The number of hydrogen-bond acceptors (Lipinski definition) is 6. The molecule has 160 valence electrons. The highest BCUT2D eigenvalue weighted by Gasteiger charge is 2.30. The van der Waals surface area contributed by atoms with Gasteiger partial charge in [-0.2, -0.15) is 0 Å². The van der Waals surface area contributed by atoms with E-state index in [1.54, 1.807) is 0 Å². The monoisotopic (exact) mass is 424 g/mol. The summed E-state index contributed by atoms with van der Waals surface area (Å²) in [7, 11) is -2.45. The molecule has 9 heteroatoms. The van der Waals surface area contributed by atoms with E-state index in [1.165, 1.54) is 31.7 Å². The molecule has 3 rings (SSSR count). The van der Waals surface area contributed by atoms with Crippen molar-refractivity contribution >= 4 is 21.9 Å². The maximum Gasteiger partial charge on any atom is 0.338 e. The lowest BCUT2D eigenvalue weighted by Gasteiger charge is -2.29. The van der Waals surface area contributed by atoms with Crippen LogP contribution in [0.15, 0.2) is 23.1 Å². The van der Waals surface area contributed by atoms with Crippen molar-refractivity contribution in [1.82, 2.24) is 10.0 Å². The average Bonchev–Trinajstić information content (AvgIpc) is 3.50. The fourth-order valence-electron chi connectivity index (χ4n) is 3.49. The summed E-state index contributed by atoms with van der Waals surface area (Å²) in [6.07, 6.45) is 5.82. The zero-order valence-corrected chi connectivity index (χ0v) is 17.6. The summed E-state index contributed by atoms with van der Waals surface area (Å²) in [4.78, 5) is 24.4. The van der Waals surface area contributed by atoms with Gasteiger partial charge >= 0.3 is 5.97 Å². The van der Waals surface area contributed by atoms with Crippen LogP contribution in [0.3, 0.4) is 0 Å². The Morgan fingerprint density at radius 3 is 2.52 bits per heavy atom. The number of benzene rings is 1. The molecule has 2 N–H and O–H groups in total. The number of rotatable bonds is 8. The molecule has 1 aromatic carbocycles. The quantitative estimate of drug-likeness (QED) is 0.618. The minimum Gasteiger partial charge on any atom is -0.495 e. The molecule has 1 aromatic rings. The fourth-order valence-corrected chi connectivity index (χ4v) is 4.99. The number of ether oxygens (including phenoxy) is 2. The van der Waals surface area contributed by atoms with Crippen LogP contribution in [0.4, 0.5) is 0 Å². The van der Waals surface area contributed by atoms with Crippen LogP contribution in [0.25, 0.3) is 0 Å². The Morgan fingerprint density at radius 1 is 1.14 bits per heavy atom. The lowest BCUT2D eigenvalue weighted by Crippen LogP contribution is -2.42. The summed E-state index contributed by atoms with van der Waals surface area (Å²) in [5.74, 6) is -0.577. The SMILES string of the molecule is COc1ccc(C(=O)OCC(=O)N[C@H]2CCCC[C@H]2C)cc1S(=O)(=O)NC1CC1. The number of amides is 1. The van der Waals surface area contributed by atoms with Crippen molar-refractivity contribution in [2.45, 2.75) is 62.4 Å². The molecular weight excluding hydrogens is 396 g/mol. The van der Waals surface area contributed by atoms with Crippen LogP contribution < -0.4 is 14.8 Å². The van der Waals surface area contributed by atoms with Gasteiger partial charge in [-0.15, -0.1) is 0 Å². The third-order valence-electron chi connectivity index (χ3n) is 5.38. The van der Waals surface area contributed by atoms with E-state index in [9.17, 15) is 18.0 Å². The molecule has 0 heterocycles. The highest BCUT2D eigenvalue weighted by molar-refractivity contribution is 7.89. The smallest absolute Gasteiger partial charge is 0.338 e. The van der Waals surface area contributed by atoms with E-state index in [1.807, 2.05) is 0 Å². The molecule has 2 aliphatic rings. The van der Waals surface area contributed by atoms with E-state index in [-0.39, 0.29) is 34.2 Å². The van der Waals surface area contributed by atoms with Crippen molar-refractivity contribution in [2.75, 3.05) is 13.7 Å². The number of esters is 1. The van der Waals surface area contributed by atoms with Gasteiger partial charge in [0.1, 0.15) is 10.6 Å². The Labute approximate surface area is 171 Å². The van der Waals surface area contributed by atoms with Crippen LogP contribution in [-0.2, 0) is 19.6 Å². The molecule has 0 aromatic heterocycles. The summed E-state index contributed by atoms with van der Waals surface area (Å²) in [5.41, 5.74) is 0.0424. The second kappa shape index (κ2) is 9.13. The molecule has 0 unspecified atom stereocenters. The van der Waals surface area contributed by atoms with E-state index in [0.717, 1.165) is 32.1 Å². The summed E-state index contributed by atoms with van der Waals surface area (Å²) >= 11 is 0. The van der Waals surface area contributed by atoms with E-state index in [0.29, 0.717) is 5.92 Å². The predicted molar refractivity (Wildman–Crippen MR) is 106 cm³/mol. The number of carbonyl (C=O) groups is 2. The Bertz CT molecular complexity index is 866. The molecular formula is C20H28N2O6S. The zero-order valence-electron chi connectivity index (χ0n) is 16.8. The predicted octanol–water partition coefficient (Wildman–Crippen LogP) is 1.99. The van der Waals surface area contributed by atoms with Crippen LogP contribution >= 0.6 is 0 Å². The molecule has 0 radical (unpaired) electrons. The van der Waals surface area contributed by atoms with Gasteiger partial charge in [0.2, 0.25) is 10.0 Å². The second-order valence-corrected chi connectivity index (χ2v) is 9.46. The van der Waals surface area contributed by atoms with Gasteiger partial charge in [-0.05, 0) is 49.8 Å². The first-order valence-corrected chi connectivity index (χ1v) is 11.5. The van der Waals surface area contributed by atoms with Crippen molar-refractivity contribution in [2.24, 2.45) is 5.92 Å². The third kappa shape index (κ3) is 5.70. The van der Waals surface area contributed by atoms with Gasteiger partial charge in [0, 0.05) is 12.1 Å². The van der Waals surface area contributed by atoms with E-state index >= 15 is 0 Å². The topological polar surface area (TPSA) is 111 Å². The van der Waals surface area contributed by atoms with Crippen molar-refractivity contribution < 1.29 is 27.5 Å². The van der Waals surface area contributed by atoms with Gasteiger partial charge in [0.25, 0.3) is 5.91 Å². The fraction of sp³-hybridized carbons (Fsp3) is 0.600. The molecule has 29 heavy (non-hydrogen) atoms. The molecule has 2 fully saturated rings. The zero-order chi connectivity index (χ0) is 21.0. The molecule has 2 saturated carbocycles. The molecule has 1 amide bonds. The molecule has 0 aliphatic heterocycles. The lowest BCUT2D eigenvalue weighted by molar-refractivity contribution is -0.125. The van der Waals surface area contributed by atoms with Gasteiger partial charge in [-0.3, -0.25) is 4.79 Å². The lowest BCUT2D eigenvalue weighted by atomic mass is 9.86. The number of sulfonamides is 1. The first-order chi connectivity index (χ1) is 13.8. The molecule has 8 nitrogen and oxygen atoms in total. The normalized spacial score (nSPS) is 22.0. The van der Waals surface area contributed by atoms with Gasteiger partial charge < -0.3 is 14.8 Å². The third-order valence-corrected chi connectivity index (χ3v) is 6.92. The van der Waals surface area contributed by atoms with Crippen molar-refractivity contribution in [3.05, 3.63) is 23.8 Å². The molecule has 2 atom stereocenters. The highest BCUT2D eigenvalue weighted by Crippen LogP contribution is 2.28. The standard InChI is InChI=1S/C20H28N2O6S/c1-13-5-3-4-6-16(13)21-19(23)12-28-20(24)14-7-10-17(27-2)18(11-14)29(25,26)22-15-8-9-15/h7,10-11,13,15-16,22H,3-6,8-9,12H2,1-2H3,(H,21,23)/t13-,16+/m1/s1. The first kappa shape index (κ1) is 21.6. The van der Waals surface area contributed by atoms with Gasteiger partial charge in [-0.1, -0.05) is 19.8 Å². The summed E-state index contributed by atoms with van der Waals surface area (Å²) < 4.78 is 37.9. The van der Waals surface area contributed by atoms with Crippen LogP contribution in [0.2, 0.25) is 0 Å². The Kier molecular flexibility index (Phi) is 6.79. The highest BCUT2D eigenvalue weighted by atomic mass is 32.2. The largest absolute Gasteiger partial charge is 0.495 e. The molecule has 0 spiro atoms. The first-order valence-electron chi connectivity index (χ1n) is 9.97. The second-order valence-electron chi connectivity index (χ2n) is 7.77. The summed E-state index contributed by atoms with van der Waals surface area (Å²) in [6, 6.07) is 4.06. The minimum atomic E-state index is -3.81.